The number of amides is 1. The monoisotopic (exact) mass is 542 g/mol. The van der Waals surface area contributed by atoms with E-state index in [0.717, 1.165) is 29.5 Å². The van der Waals surface area contributed by atoms with Crippen molar-refractivity contribution in [2.75, 3.05) is 12.9 Å². The average Bonchev–Trinajstić information content (AvgIpc) is 3.34. The van der Waals surface area contributed by atoms with Crippen molar-refractivity contribution >= 4 is 17.7 Å². The molecule has 1 atom stereocenters. The number of carbonyl (C=O) groups excluding carboxylic acids is 1. The molecule has 0 aliphatic heterocycles. The number of hydrogen-bond acceptors (Lipinski definition) is 6. The molecule has 1 N–H and O–H groups in total. The highest BCUT2D eigenvalue weighted by Crippen LogP contribution is 2.32. The van der Waals surface area contributed by atoms with Crippen molar-refractivity contribution in [3.8, 4) is 17.2 Å². The van der Waals surface area contributed by atoms with Gasteiger partial charge < -0.3 is 14.8 Å². The van der Waals surface area contributed by atoms with Gasteiger partial charge in [0.2, 0.25) is 5.91 Å². The van der Waals surface area contributed by atoms with Gasteiger partial charge in [-0.25, -0.2) is 0 Å². The minimum absolute atomic E-state index is 0.00634. The Morgan fingerprint density at radius 2 is 1.71 bits per heavy atom. The molecule has 0 saturated heterocycles. The molecule has 0 saturated carbocycles. The molecule has 0 aliphatic carbocycles. The molecular weight excluding hydrogens is 517 g/mol. The number of aromatic nitrogens is 3. The van der Waals surface area contributed by atoms with E-state index < -0.39 is 11.7 Å². The Morgan fingerprint density at radius 1 is 1.00 bits per heavy atom. The Balaban J connectivity index is 1.54. The molecule has 1 amide bonds. The number of methoxy groups -OCH3 is 1. The fourth-order valence-corrected chi connectivity index (χ4v) is 4.41. The third-order valence-electron chi connectivity index (χ3n) is 5.57. The smallest absolute Gasteiger partial charge is 0.416 e. The summed E-state index contributed by atoms with van der Waals surface area (Å²) in [4.78, 5) is 12.6. The molecule has 1 heterocycles. The van der Waals surface area contributed by atoms with Gasteiger partial charge in [-0.1, -0.05) is 48.2 Å². The maximum Gasteiger partial charge on any atom is 0.416 e. The Hall–Kier alpha value is -3.99. The molecule has 0 fully saturated rings. The lowest BCUT2D eigenvalue weighted by Gasteiger charge is -2.15. The summed E-state index contributed by atoms with van der Waals surface area (Å²) in [6.45, 7) is 1.81. The van der Waals surface area contributed by atoms with E-state index in [1.807, 2.05) is 37.3 Å². The van der Waals surface area contributed by atoms with Gasteiger partial charge in [-0.2, -0.15) is 13.2 Å². The summed E-state index contributed by atoms with van der Waals surface area (Å²) in [7, 11) is 1.55. The average molecular weight is 543 g/mol. The lowest BCUT2D eigenvalue weighted by atomic mass is 10.1. The quantitative estimate of drug-likeness (QED) is 0.254. The normalized spacial score (nSPS) is 12.1. The molecule has 4 aromatic rings. The minimum atomic E-state index is -4.52. The van der Waals surface area contributed by atoms with Crippen LogP contribution in [-0.4, -0.2) is 33.5 Å². The van der Waals surface area contributed by atoms with Crippen molar-refractivity contribution in [2.45, 2.75) is 30.9 Å². The predicted octanol–water partition coefficient (Wildman–Crippen LogP) is 5.84. The van der Waals surface area contributed by atoms with Crippen molar-refractivity contribution in [3.63, 3.8) is 0 Å². The van der Waals surface area contributed by atoms with Crippen LogP contribution < -0.4 is 14.8 Å². The summed E-state index contributed by atoms with van der Waals surface area (Å²) >= 11 is 1.07. The van der Waals surface area contributed by atoms with E-state index in [9.17, 15) is 18.0 Å². The van der Waals surface area contributed by atoms with Gasteiger partial charge in [0.25, 0.3) is 0 Å². The Labute approximate surface area is 222 Å². The molecule has 0 radical (unpaired) electrons. The molecule has 198 valence electrons. The molecule has 0 bridgehead atoms. The molecular formula is C27H25F3N4O3S. The number of ether oxygens (including phenoxy) is 2. The van der Waals surface area contributed by atoms with Gasteiger partial charge in [0, 0.05) is 0 Å². The van der Waals surface area contributed by atoms with Crippen LogP contribution in [0.15, 0.2) is 84.0 Å². The van der Waals surface area contributed by atoms with E-state index in [-0.39, 0.29) is 41.0 Å². The number of thioether (sulfide) groups is 1. The van der Waals surface area contributed by atoms with Gasteiger partial charge in [-0.05, 0) is 55.0 Å². The molecule has 0 aliphatic rings. The maximum atomic E-state index is 13.4. The standard InChI is InChI=1S/C27H25F3N4O3S/c1-18(19-7-4-3-5-8-19)31-25(35)17-38-26-33-32-24(16-37-23-13-11-22(36-2)12-14-23)34(26)21-10-6-9-20(15-21)27(28,29)30/h3-15,18H,16-17H2,1-2H3,(H,31,35)/t18-/m1/s1. The van der Waals surface area contributed by atoms with Crippen LogP contribution >= 0.6 is 11.8 Å². The summed E-state index contributed by atoms with van der Waals surface area (Å²) in [6, 6.07) is 21.0. The molecule has 7 nitrogen and oxygen atoms in total. The van der Waals surface area contributed by atoms with E-state index in [0.29, 0.717) is 11.5 Å². The molecule has 0 unspecified atom stereocenters. The number of nitrogens with one attached hydrogen (secondary N) is 1. The lowest BCUT2D eigenvalue weighted by Crippen LogP contribution is -2.28. The van der Waals surface area contributed by atoms with Crippen LogP contribution in [-0.2, 0) is 17.6 Å². The first-order valence-electron chi connectivity index (χ1n) is 11.6. The van der Waals surface area contributed by atoms with Gasteiger partial charge in [0.15, 0.2) is 11.0 Å². The van der Waals surface area contributed by atoms with Crippen LogP contribution in [0.25, 0.3) is 5.69 Å². The SMILES string of the molecule is COc1ccc(OCc2nnc(SCC(=O)N[C@H](C)c3ccccc3)n2-c2cccc(C(F)(F)F)c2)cc1. The number of alkyl halides is 3. The van der Waals surface area contributed by atoms with E-state index >= 15 is 0 Å². The van der Waals surface area contributed by atoms with Gasteiger partial charge >= 0.3 is 6.18 Å². The topological polar surface area (TPSA) is 78.3 Å². The second-order valence-corrected chi connectivity index (χ2v) is 9.18. The van der Waals surface area contributed by atoms with Crippen molar-refractivity contribution < 1.29 is 27.4 Å². The molecule has 38 heavy (non-hydrogen) atoms. The fraction of sp³-hybridized carbons (Fsp3) is 0.222. The number of carbonyl (C=O) groups is 1. The highest BCUT2D eigenvalue weighted by atomic mass is 32.2. The maximum absolute atomic E-state index is 13.4. The molecule has 1 aromatic heterocycles. The van der Waals surface area contributed by atoms with Gasteiger partial charge in [0.05, 0.1) is 30.2 Å². The second kappa shape index (κ2) is 12.0. The number of hydrogen-bond donors (Lipinski definition) is 1. The van der Waals surface area contributed by atoms with E-state index in [1.54, 1.807) is 31.4 Å². The van der Waals surface area contributed by atoms with Gasteiger partial charge in [-0.3, -0.25) is 9.36 Å². The van der Waals surface area contributed by atoms with Gasteiger partial charge in [0.1, 0.15) is 18.1 Å². The number of halogens is 3. The summed E-state index contributed by atoms with van der Waals surface area (Å²) in [5.74, 6) is 1.20. The first kappa shape index (κ1) is 27.1. The molecule has 0 spiro atoms. The fourth-order valence-electron chi connectivity index (χ4n) is 3.63. The third kappa shape index (κ3) is 6.86. The molecule has 4 rings (SSSR count). The summed E-state index contributed by atoms with van der Waals surface area (Å²) in [6.07, 6.45) is -4.52. The summed E-state index contributed by atoms with van der Waals surface area (Å²) in [5.41, 5.74) is 0.353. The molecule has 11 heteroatoms. The lowest BCUT2D eigenvalue weighted by molar-refractivity contribution is -0.137. The van der Waals surface area contributed by atoms with Crippen LogP contribution in [0.3, 0.4) is 0 Å². The van der Waals surface area contributed by atoms with Crippen LogP contribution in [0.4, 0.5) is 13.2 Å². The summed E-state index contributed by atoms with van der Waals surface area (Å²) < 4.78 is 52.7. The first-order valence-corrected chi connectivity index (χ1v) is 12.6. The Kier molecular flexibility index (Phi) is 8.57. The molecule has 3 aromatic carbocycles. The van der Waals surface area contributed by atoms with Crippen LogP contribution in [0.5, 0.6) is 11.5 Å². The van der Waals surface area contributed by atoms with Crippen molar-refractivity contribution in [3.05, 3.63) is 95.8 Å². The van der Waals surface area contributed by atoms with E-state index in [2.05, 4.69) is 15.5 Å². The van der Waals surface area contributed by atoms with E-state index in [1.165, 1.54) is 16.7 Å². The zero-order valence-corrected chi connectivity index (χ0v) is 21.4. The van der Waals surface area contributed by atoms with Gasteiger partial charge in [-0.15, -0.1) is 10.2 Å². The Bertz CT molecular complexity index is 1360. The number of nitrogens with zero attached hydrogens (tertiary/aromatic N) is 3. The van der Waals surface area contributed by atoms with Crippen LogP contribution in [0, 0.1) is 0 Å². The zero-order chi connectivity index (χ0) is 27.1. The second-order valence-electron chi connectivity index (χ2n) is 8.24. The predicted molar refractivity (Wildman–Crippen MR) is 137 cm³/mol. The largest absolute Gasteiger partial charge is 0.497 e. The first-order chi connectivity index (χ1) is 18.2. The van der Waals surface area contributed by atoms with Crippen LogP contribution in [0.1, 0.15) is 29.9 Å². The van der Waals surface area contributed by atoms with E-state index in [4.69, 9.17) is 9.47 Å². The van der Waals surface area contributed by atoms with Crippen molar-refractivity contribution in [1.29, 1.82) is 0 Å². The Morgan fingerprint density at radius 3 is 2.39 bits per heavy atom. The minimum Gasteiger partial charge on any atom is -0.497 e. The van der Waals surface area contributed by atoms with Crippen molar-refractivity contribution in [1.82, 2.24) is 20.1 Å². The summed E-state index contributed by atoms with van der Waals surface area (Å²) in [5, 5.41) is 11.5. The van der Waals surface area contributed by atoms with Crippen molar-refractivity contribution in [2.24, 2.45) is 0 Å². The highest BCUT2D eigenvalue weighted by molar-refractivity contribution is 7.99. The zero-order valence-electron chi connectivity index (χ0n) is 20.6. The van der Waals surface area contributed by atoms with Crippen LogP contribution in [0.2, 0.25) is 0 Å². The number of rotatable bonds is 10. The highest BCUT2D eigenvalue weighted by Gasteiger charge is 2.31. The third-order valence-corrected chi connectivity index (χ3v) is 6.50. The number of benzene rings is 3.